The minimum Gasteiger partial charge on any atom is -0.396 e. The smallest absolute Gasteiger partial charge is 0.0436 e. The van der Waals surface area contributed by atoms with Gasteiger partial charge in [-0.05, 0) is 29.9 Å². The summed E-state index contributed by atoms with van der Waals surface area (Å²) >= 11 is 0. The van der Waals surface area contributed by atoms with Crippen molar-refractivity contribution in [2.75, 3.05) is 6.61 Å². The van der Waals surface area contributed by atoms with E-state index in [2.05, 4.69) is 48.6 Å². The molecule has 2 rings (SSSR count). The molecule has 0 heterocycles. The normalized spacial score (nSPS) is 12.7. The summed E-state index contributed by atoms with van der Waals surface area (Å²) in [6.45, 7) is 0.233. The maximum Gasteiger partial charge on any atom is 0.0436 e. The van der Waals surface area contributed by atoms with Crippen molar-refractivity contribution in [3.8, 4) is 0 Å². The van der Waals surface area contributed by atoms with Gasteiger partial charge in [0.1, 0.15) is 0 Å². The quantitative estimate of drug-likeness (QED) is 0.825. The molecule has 1 unspecified atom stereocenters. The molecule has 0 aromatic heterocycles. The van der Waals surface area contributed by atoms with Crippen molar-refractivity contribution in [3.05, 3.63) is 77.9 Å². The van der Waals surface area contributed by atoms with E-state index in [9.17, 15) is 5.11 Å². The fourth-order valence-corrected chi connectivity index (χ4v) is 2.16. The first kappa shape index (κ1) is 13.6. The summed E-state index contributed by atoms with van der Waals surface area (Å²) in [5.41, 5.74) is 2.53. The predicted molar refractivity (Wildman–Crippen MR) is 80.8 cm³/mol. The van der Waals surface area contributed by atoms with Gasteiger partial charge in [0.05, 0.1) is 0 Å². The molecule has 1 nitrogen and oxygen atoms in total. The Hall–Kier alpha value is -1.86. The predicted octanol–water partition coefficient (Wildman–Crippen LogP) is 3.94. The number of benzene rings is 2. The van der Waals surface area contributed by atoms with E-state index in [0.29, 0.717) is 5.92 Å². The van der Waals surface area contributed by atoms with Crippen LogP contribution in [0.4, 0.5) is 0 Å². The van der Waals surface area contributed by atoms with Gasteiger partial charge in [0.25, 0.3) is 0 Å². The second-order valence-corrected chi connectivity index (χ2v) is 4.73. The summed E-state index contributed by atoms with van der Waals surface area (Å²) < 4.78 is 0. The third kappa shape index (κ3) is 4.72. The second-order valence-electron chi connectivity index (χ2n) is 4.73. The Kier molecular flexibility index (Phi) is 5.39. The molecule has 0 saturated heterocycles. The van der Waals surface area contributed by atoms with E-state index in [1.54, 1.807) is 0 Å². The van der Waals surface area contributed by atoms with E-state index in [1.165, 1.54) is 11.1 Å². The first-order valence-electron chi connectivity index (χ1n) is 6.76. The summed E-state index contributed by atoms with van der Waals surface area (Å²) in [4.78, 5) is 0. The van der Waals surface area contributed by atoms with Crippen LogP contribution in [0.3, 0.4) is 0 Å². The number of allylic oxidation sites excluding steroid dienone is 1. The van der Waals surface area contributed by atoms with Crippen LogP contribution in [0.1, 0.15) is 17.5 Å². The lowest BCUT2D eigenvalue weighted by atomic mass is 9.95. The SMILES string of the molecule is OCCC(/C=C/c1ccccc1)Cc1ccccc1. The highest BCUT2D eigenvalue weighted by molar-refractivity contribution is 5.49. The van der Waals surface area contributed by atoms with E-state index < -0.39 is 0 Å². The lowest BCUT2D eigenvalue weighted by Crippen LogP contribution is -2.03. The Bertz CT molecular complexity index is 488. The van der Waals surface area contributed by atoms with Gasteiger partial charge in [-0.1, -0.05) is 72.8 Å². The van der Waals surface area contributed by atoms with Crippen LogP contribution in [0.2, 0.25) is 0 Å². The Morgan fingerprint density at radius 2 is 1.53 bits per heavy atom. The lowest BCUT2D eigenvalue weighted by Gasteiger charge is -2.11. The molecule has 0 spiro atoms. The van der Waals surface area contributed by atoms with Crippen LogP contribution in [0.15, 0.2) is 66.7 Å². The highest BCUT2D eigenvalue weighted by Gasteiger charge is 2.05. The topological polar surface area (TPSA) is 20.2 Å². The number of hydrogen-bond acceptors (Lipinski definition) is 1. The molecule has 0 radical (unpaired) electrons. The standard InChI is InChI=1S/C18H20O/c19-14-13-18(15-17-9-5-2-6-10-17)12-11-16-7-3-1-4-8-16/h1-12,18-19H,13-15H2/b12-11+. The third-order valence-corrected chi connectivity index (χ3v) is 3.20. The first-order valence-corrected chi connectivity index (χ1v) is 6.76. The van der Waals surface area contributed by atoms with Crippen molar-refractivity contribution < 1.29 is 5.11 Å². The molecule has 0 aliphatic carbocycles. The molecule has 0 aliphatic rings. The average Bonchev–Trinajstić information content (AvgIpc) is 2.47. The molecule has 0 fully saturated rings. The van der Waals surface area contributed by atoms with Crippen LogP contribution in [0.5, 0.6) is 0 Å². The highest BCUT2D eigenvalue weighted by atomic mass is 16.3. The van der Waals surface area contributed by atoms with E-state index >= 15 is 0 Å². The molecule has 0 saturated carbocycles. The monoisotopic (exact) mass is 252 g/mol. The summed E-state index contributed by atoms with van der Waals surface area (Å²) in [6, 6.07) is 20.7. The zero-order valence-corrected chi connectivity index (χ0v) is 11.1. The zero-order valence-electron chi connectivity index (χ0n) is 11.1. The molecule has 2 aromatic carbocycles. The Morgan fingerprint density at radius 1 is 0.895 bits per heavy atom. The highest BCUT2D eigenvalue weighted by Crippen LogP contribution is 2.15. The number of aliphatic hydroxyl groups is 1. The molecular formula is C18H20O. The molecule has 1 N–H and O–H groups in total. The van der Waals surface area contributed by atoms with Crippen molar-refractivity contribution in [1.29, 1.82) is 0 Å². The van der Waals surface area contributed by atoms with Crippen molar-refractivity contribution in [3.63, 3.8) is 0 Å². The van der Waals surface area contributed by atoms with E-state index in [1.807, 2.05) is 24.3 Å². The van der Waals surface area contributed by atoms with Crippen molar-refractivity contribution >= 4 is 6.08 Å². The van der Waals surface area contributed by atoms with Gasteiger partial charge in [-0.2, -0.15) is 0 Å². The number of hydrogen-bond donors (Lipinski definition) is 1. The molecular weight excluding hydrogens is 232 g/mol. The fraction of sp³-hybridized carbons (Fsp3) is 0.222. The summed E-state index contributed by atoms with van der Waals surface area (Å²) in [5.74, 6) is 0.382. The Labute approximate surface area is 115 Å². The zero-order chi connectivity index (χ0) is 13.3. The van der Waals surface area contributed by atoms with E-state index in [-0.39, 0.29) is 6.61 Å². The minimum atomic E-state index is 0.233. The van der Waals surface area contributed by atoms with Gasteiger partial charge in [-0.25, -0.2) is 0 Å². The molecule has 1 atom stereocenters. The summed E-state index contributed by atoms with van der Waals surface area (Å²) in [6.07, 6.45) is 6.13. The minimum absolute atomic E-state index is 0.233. The second kappa shape index (κ2) is 7.55. The van der Waals surface area contributed by atoms with Crippen LogP contribution in [-0.2, 0) is 6.42 Å². The van der Waals surface area contributed by atoms with Crippen LogP contribution < -0.4 is 0 Å². The van der Waals surface area contributed by atoms with E-state index in [4.69, 9.17) is 0 Å². The summed E-state index contributed by atoms with van der Waals surface area (Å²) in [5, 5.41) is 9.18. The van der Waals surface area contributed by atoms with Crippen molar-refractivity contribution in [2.45, 2.75) is 12.8 Å². The van der Waals surface area contributed by atoms with Gasteiger partial charge in [0.2, 0.25) is 0 Å². The van der Waals surface area contributed by atoms with Gasteiger partial charge in [0, 0.05) is 6.61 Å². The lowest BCUT2D eigenvalue weighted by molar-refractivity contribution is 0.270. The summed E-state index contributed by atoms with van der Waals surface area (Å²) in [7, 11) is 0. The largest absolute Gasteiger partial charge is 0.396 e. The van der Waals surface area contributed by atoms with Crippen LogP contribution in [0.25, 0.3) is 6.08 Å². The molecule has 0 amide bonds. The molecule has 1 heteroatoms. The van der Waals surface area contributed by atoms with Crippen molar-refractivity contribution in [2.24, 2.45) is 5.92 Å². The first-order chi connectivity index (χ1) is 9.38. The molecule has 0 aliphatic heterocycles. The number of rotatable bonds is 6. The van der Waals surface area contributed by atoms with Gasteiger partial charge < -0.3 is 5.11 Å². The van der Waals surface area contributed by atoms with Crippen molar-refractivity contribution in [1.82, 2.24) is 0 Å². The average molecular weight is 252 g/mol. The van der Waals surface area contributed by atoms with Crippen LogP contribution in [-0.4, -0.2) is 11.7 Å². The molecule has 0 bridgehead atoms. The van der Waals surface area contributed by atoms with Crippen LogP contribution >= 0.6 is 0 Å². The number of aliphatic hydroxyl groups excluding tert-OH is 1. The van der Waals surface area contributed by atoms with Gasteiger partial charge >= 0.3 is 0 Å². The van der Waals surface area contributed by atoms with Crippen LogP contribution in [0, 0.1) is 5.92 Å². The molecule has 98 valence electrons. The Morgan fingerprint density at radius 3 is 2.16 bits per heavy atom. The fourth-order valence-electron chi connectivity index (χ4n) is 2.16. The maximum atomic E-state index is 9.18. The van der Waals surface area contributed by atoms with Gasteiger partial charge in [-0.3, -0.25) is 0 Å². The third-order valence-electron chi connectivity index (χ3n) is 3.20. The molecule has 19 heavy (non-hydrogen) atoms. The maximum absolute atomic E-state index is 9.18. The molecule has 2 aromatic rings. The van der Waals surface area contributed by atoms with Gasteiger partial charge in [0.15, 0.2) is 0 Å². The Balaban J connectivity index is 2.02. The van der Waals surface area contributed by atoms with Gasteiger partial charge in [-0.15, -0.1) is 0 Å². The van der Waals surface area contributed by atoms with E-state index in [0.717, 1.165) is 12.8 Å².